The number of nitro benzene ring substituents is 1. The highest BCUT2D eigenvalue weighted by Gasteiger charge is 2.13. The van der Waals surface area contributed by atoms with Crippen LogP contribution in [0, 0.1) is 10.1 Å². The third-order valence-electron chi connectivity index (χ3n) is 2.99. The second kappa shape index (κ2) is 6.02. The largest absolute Gasteiger partial charge is 0.492 e. The van der Waals surface area contributed by atoms with Crippen molar-refractivity contribution < 1.29 is 9.66 Å². The van der Waals surface area contributed by atoms with E-state index < -0.39 is 4.92 Å². The minimum atomic E-state index is -0.504. The van der Waals surface area contributed by atoms with Crippen LogP contribution in [0.2, 0.25) is 5.02 Å². The SMILES string of the molecule is O=[N+]([O-])c1ccc(OCCN2CCCC2)cc1Cl. The molecule has 0 bridgehead atoms. The highest BCUT2D eigenvalue weighted by atomic mass is 35.5. The molecular weight excluding hydrogens is 256 g/mol. The van der Waals surface area contributed by atoms with E-state index in [2.05, 4.69) is 4.90 Å². The van der Waals surface area contributed by atoms with Crippen molar-refractivity contribution in [3.8, 4) is 5.75 Å². The maximum atomic E-state index is 10.6. The Morgan fingerprint density at radius 3 is 2.72 bits per heavy atom. The molecular formula is C12H15ClN2O3. The van der Waals surface area contributed by atoms with E-state index in [0.717, 1.165) is 19.6 Å². The molecule has 0 spiro atoms. The third-order valence-corrected chi connectivity index (χ3v) is 3.29. The number of likely N-dealkylation sites (tertiary alicyclic amines) is 1. The molecule has 0 aromatic heterocycles. The van der Waals surface area contributed by atoms with Gasteiger partial charge >= 0.3 is 0 Å². The summed E-state index contributed by atoms with van der Waals surface area (Å²) in [6.45, 7) is 3.72. The first-order chi connectivity index (χ1) is 8.66. The molecule has 0 unspecified atom stereocenters. The first kappa shape index (κ1) is 13.1. The van der Waals surface area contributed by atoms with Gasteiger partial charge in [0.05, 0.1) is 4.92 Å². The smallest absolute Gasteiger partial charge is 0.288 e. The van der Waals surface area contributed by atoms with Crippen molar-refractivity contribution in [3.63, 3.8) is 0 Å². The molecule has 1 aromatic rings. The fourth-order valence-corrected chi connectivity index (χ4v) is 2.26. The van der Waals surface area contributed by atoms with Crippen molar-refractivity contribution in [2.75, 3.05) is 26.2 Å². The van der Waals surface area contributed by atoms with Gasteiger partial charge in [0.2, 0.25) is 0 Å². The van der Waals surface area contributed by atoms with Crippen LogP contribution < -0.4 is 4.74 Å². The average molecular weight is 271 g/mol. The maximum Gasteiger partial charge on any atom is 0.288 e. The zero-order valence-electron chi connectivity index (χ0n) is 9.97. The van der Waals surface area contributed by atoms with Crippen molar-refractivity contribution in [3.05, 3.63) is 33.3 Å². The molecule has 1 fully saturated rings. The summed E-state index contributed by atoms with van der Waals surface area (Å²) in [4.78, 5) is 12.4. The van der Waals surface area contributed by atoms with Gasteiger partial charge in [-0.05, 0) is 32.0 Å². The van der Waals surface area contributed by atoms with Crippen LogP contribution >= 0.6 is 11.6 Å². The number of nitro groups is 1. The molecule has 5 nitrogen and oxygen atoms in total. The second-order valence-electron chi connectivity index (χ2n) is 4.27. The highest BCUT2D eigenvalue weighted by Crippen LogP contribution is 2.28. The molecule has 1 heterocycles. The molecule has 0 amide bonds. The summed E-state index contributed by atoms with van der Waals surface area (Å²) < 4.78 is 5.53. The van der Waals surface area contributed by atoms with Crippen LogP contribution in [-0.4, -0.2) is 36.1 Å². The molecule has 1 aliphatic rings. The van der Waals surface area contributed by atoms with Crippen LogP contribution in [0.1, 0.15) is 12.8 Å². The normalized spacial score (nSPS) is 15.8. The Hall–Kier alpha value is -1.33. The molecule has 18 heavy (non-hydrogen) atoms. The number of benzene rings is 1. The summed E-state index contributed by atoms with van der Waals surface area (Å²) in [5.41, 5.74) is -0.0939. The average Bonchev–Trinajstić information content (AvgIpc) is 2.81. The Labute approximate surface area is 110 Å². The minimum Gasteiger partial charge on any atom is -0.492 e. The number of halogens is 1. The fourth-order valence-electron chi connectivity index (χ4n) is 2.02. The van der Waals surface area contributed by atoms with Gasteiger partial charge in [0.1, 0.15) is 17.4 Å². The number of hydrogen-bond acceptors (Lipinski definition) is 4. The van der Waals surface area contributed by atoms with Gasteiger partial charge in [0.25, 0.3) is 5.69 Å². The monoisotopic (exact) mass is 270 g/mol. The Kier molecular flexibility index (Phi) is 4.38. The lowest BCUT2D eigenvalue weighted by atomic mass is 10.3. The molecule has 0 N–H and O–H groups in total. The topological polar surface area (TPSA) is 55.6 Å². The number of rotatable bonds is 5. The van der Waals surface area contributed by atoms with Crippen LogP contribution in [0.3, 0.4) is 0 Å². The molecule has 1 aliphatic heterocycles. The molecule has 0 saturated carbocycles. The second-order valence-corrected chi connectivity index (χ2v) is 4.67. The van der Waals surface area contributed by atoms with E-state index in [1.54, 1.807) is 6.07 Å². The van der Waals surface area contributed by atoms with Gasteiger partial charge in [-0.25, -0.2) is 0 Å². The van der Waals surface area contributed by atoms with Crippen molar-refractivity contribution in [2.45, 2.75) is 12.8 Å². The molecule has 0 atom stereocenters. The van der Waals surface area contributed by atoms with E-state index in [1.165, 1.54) is 25.0 Å². The summed E-state index contributed by atoms with van der Waals surface area (Å²) in [5.74, 6) is 0.574. The number of nitrogens with zero attached hydrogens (tertiary/aromatic N) is 2. The quantitative estimate of drug-likeness (QED) is 0.610. The highest BCUT2D eigenvalue weighted by molar-refractivity contribution is 6.32. The summed E-state index contributed by atoms with van der Waals surface area (Å²) in [7, 11) is 0. The van der Waals surface area contributed by atoms with E-state index >= 15 is 0 Å². The van der Waals surface area contributed by atoms with Crippen molar-refractivity contribution in [1.82, 2.24) is 4.90 Å². The summed E-state index contributed by atoms with van der Waals surface area (Å²) in [6, 6.07) is 4.44. The zero-order chi connectivity index (χ0) is 13.0. The van der Waals surface area contributed by atoms with Gasteiger partial charge in [-0.3, -0.25) is 15.0 Å². The lowest BCUT2D eigenvalue weighted by Gasteiger charge is -2.14. The predicted octanol–water partition coefficient (Wildman–Crippen LogP) is 2.72. The van der Waals surface area contributed by atoms with Crippen LogP contribution in [-0.2, 0) is 0 Å². The van der Waals surface area contributed by atoms with Gasteiger partial charge in [-0.1, -0.05) is 11.6 Å². The van der Waals surface area contributed by atoms with E-state index in [4.69, 9.17) is 16.3 Å². The number of hydrogen-bond donors (Lipinski definition) is 0. The fraction of sp³-hybridized carbons (Fsp3) is 0.500. The Morgan fingerprint density at radius 2 is 2.11 bits per heavy atom. The first-order valence-corrected chi connectivity index (χ1v) is 6.34. The van der Waals surface area contributed by atoms with Crippen molar-refractivity contribution >= 4 is 17.3 Å². The lowest BCUT2D eigenvalue weighted by molar-refractivity contribution is -0.384. The van der Waals surface area contributed by atoms with Crippen LogP contribution in [0.5, 0.6) is 5.75 Å². The molecule has 0 radical (unpaired) electrons. The Bertz CT molecular complexity index is 433. The standard InChI is InChI=1S/C12H15ClN2O3/c13-11-9-10(3-4-12(11)15(16)17)18-8-7-14-5-1-2-6-14/h3-4,9H,1-2,5-8H2. The van der Waals surface area contributed by atoms with Gasteiger partial charge in [0.15, 0.2) is 0 Å². The van der Waals surface area contributed by atoms with Crippen LogP contribution in [0.4, 0.5) is 5.69 Å². The molecule has 6 heteroatoms. The Balaban J connectivity index is 1.85. The summed E-state index contributed by atoms with van der Waals surface area (Å²) >= 11 is 5.80. The third kappa shape index (κ3) is 3.34. The lowest BCUT2D eigenvalue weighted by Crippen LogP contribution is -2.25. The van der Waals surface area contributed by atoms with E-state index in [1.807, 2.05) is 0 Å². The number of ether oxygens (including phenoxy) is 1. The zero-order valence-corrected chi connectivity index (χ0v) is 10.7. The van der Waals surface area contributed by atoms with Gasteiger partial charge < -0.3 is 4.74 Å². The van der Waals surface area contributed by atoms with Gasteiger partial charge in [-0.2, -0.15) is 0 Å². The molecule has 98 valence electrons. The van der Waals surface area contributed by atoms with Crippen LogP contribution in [0.15, 0.2) is 18.2 Å². The Morgan fingerprint density at radius 1 is 1.39 bits per heavy atom. The van der Waals surface area contributed by atoms with Crippen molar-refractivity contribution in [1.29, 1.82) is 0 Å². The van der Waals surface area contributed by atoms with Gasteiger partial charge in [0, 0.05) is 18.7 Å². The van der Waals surface area contributed by atoms with E-state index in [-0.39, 0.29) is 10.7 Å². The van der Waals surface area contributed by atoms with Gasteiger partial charge in [-0.15, -0.1) is 0 Å². The summed E-state index contributed by atoms with van der Waals surface area (Å²) in [5, 5.41) is 10.7. The predicted molar refractivity (Wildman–Crippen MR) is 69.3 cm³/mol. The van der Waals surface area contributed by atoms with Crippen LogP contribution in [0.25, 0.3) is 0 Å². The molecule has 0 aliphatic carbocycles. The minimum absolute atomic E-state index is 0.0939. The molecule has 1 saturated heterocycles. The maximum absolute atomic E-state index is 10.6. The van der Waals surface area contributed by atoms with Crippen molar-refractivity contribution in [2.24, 2.45) is 0 Å². The van der Waals surface area contributed by atoms with E-state index in [0.29, 0.717) is 12.4 Å². The first-order valence-electron chi connectivity index (χ1n) is 5.96. The van der Waals surface area contributed by atoms with E-state index in [9.17, 15) is 10.1 Å². The molecule has 1 aromatic carbocycles. The summed E-state index contributed by atoms with van der Waals surface area (Å²) in [6.07, 6.45) is 2.51. The molecule has 2 rings (SSSR count).